The number of hydrogen-bond donors (Lipinski definition) is 1. The SMILES string of the molecule is CCC(N)CCCC1COc2ccccc21. The summed E-state index contributed by atoms with van der Waals surface area (Å²) < 4.78 is 5.66. The van der Waals surface area contributed by atoms with E-state index in [1.807, 2.05) is 6.07 Å². The van der Waals surface area contributed by atoms with Gasteiger partial charge in [0.2, 0.25) is 0 Å². The van der Waals surface area contributed by atoms with Gasteiger partial charge in [-0.3, -0.25) is 0 Å². The molecule has 0 spiro atoms. The van der Waals surface area contributed by atoms with Crippen molar-refractivity contribution in [3.05, 3.63) is 29.8 Å². The third-order valence-electron chi connectivity index (χ3n) is 3.45. The van der Waals surface area contributed by atoms with E-state index in [2.05, 4.69) is 25.1 Å². The van der Waals surface area contributed by atoms with Gasteiger partial charge >= 0.3 is 0 Å². The maximum atomic E-state index is 5.92. The second-order valence-corrected chi connectivity index (χ2v) is 4.64. The average Bonchev–Trinajstić information content (AvgIpc) is 2.73. The molecule has 88 valence electrons. The molecule has 2 unspecified atom stereocenters. The van der Waals surface area contributed by atoms with Crippen molar-refractivity contribution in [2.75, 3.05) is 6.61 Å². The van der Waals surface area contributed by atoms with Crippen LogP contribution in [0.4, 0.5) is 0 Å². The molecule has 0 aliphatic carbocycles. The van der Waals surface area contributed by atoms with E-state index < -0.39 is 0 Å². The molecule has 0 amide bonds. The summed E-state index contributed by atoms with van der Waals surface area (Å²) in [5.74, 6) is 1.66. The Morgan fingerprint density at radius 1 is 1.44 bits per heavy atom. The Bertz CT molecular complexity index is 337. The molecule has 0 fully saturated rings. The predicted molar refractivity (Wildman–Crippen MR) is 66.8 cm³/mol. The maximum Gasteiger partial charge on any atom is 0.122 e. The Kier molecular flexibility index (Phi) is 3.83. The summed E-state index contributed by atoms with van der Waals surface area (Å²) in [6.07, 6.45) is 4.62. The van der Waals surface area contributed by atoms with Crippen LogP contribution in [0.1, 0.15) is 44.1 Å². The van der Waals surface area contributed by atoms with Crippen LogP contribution in [0.2, 0.25) is 0 Å². The van der Waals surface area contributed by atoms with Crippen molar-refractivity contribution >= 4 is 0 Å². The van der Waals surface area contributed by atoms with Gasteiger partial charge in [0.1, 0.15) is 5.75 Å². The van der Waals surface area contributed by atoms with Crippen molar-refractivity contribution in [2.45, 2.75) is 44.6 Å². The van der Waals surface area contributed by atoms with E-state index in [1.165, 1.54) is 18.4 Å². The van der Waals surface area contributed by atoms with Gasteiger partial charge in [-0.15, -0.1) is 0 Å². The summed E-state index contributed by atoms with van der Waals surface area (Å²) in [6, 6.07) is 8.75. The fraction of sp³-hybridized carbons (Fsp3) is 0.571. The number of benzene rings is 1. The minimum atomic E-state index is 0.373. The number of nitrogens with two attached hydrogens (primary N) is 1. The van der Waals surface area contributed by atoms with Gasteiger partial charge in [-0.2, -0.15) is 0 Å². The van der Waals surface area contributed by atoms with Crippen molar-refractivity contribution < 1.29 is 4.74 Å². The van der Waals surface area contributed by atoms with E-state index >= 15 is 0 Å². The van der Waals surface area contributed by atoms with Crippen LogP contribution >= 0.6 is 0 Å². The molecule has 0 saturated heterocycles. The van der Waals surface area contributed by atoms with Gasteiger partial charge in [0, 0.05) is 17.5 Å². The highest BCUT2D eigenvalue weighted by Gasteiger charge is 2.22. The van der Waals surface area contributed by atoms with Crippen LogP contribution < -0.4 is 10.5 Å². The lowest BCUT2D eigenvalue weighted by Gasteiger charge is -2.11. The Balaban J connectivity index is 1.84. The van der Waals surface area contributed by atoms with E-state index in [0.29, 0.717) is 12.0 Å². The molecule has 0 aromatic heterocycles. The van der Waals surface area contributed by atoms with Gasteiger partial charge in [-0.25, -0.2) is 0 Å². The second-order valence-electron chi connectivity index (χ2n) is 4.64. The first kappa shape index (κ1) is 11.5. The smallest absolute Gasteiger partial charge is 0.122 e. The number of hydrogen-bond acceptors (Lipinski definition) is 2. The molecule has 1 aliphatic heterocycles. The zero-order chi connectivity index (χ0) is 11.4. The second kappa shape index (κ2) is 5.35. The molecular weight excluding hydrogens is 198 g/mol. The van der Waals surface area contributed by atoms with E-state index in [9.17, 15) is 0 Å². The minimum Gasteiger partial charge on any atom is -0.493 e. The van der Waals surface area contributed by atoms with Crippen LogP contribution in [0.5, 0.6) is 5.75 Å². The molecule has 0 saturated carbocycles. The minimum absolute atomic E-state index is 0.373. The molecule has 1 aliphatic rings. The fourth-order valence-corrected chi connectivity index (χ4v) is 2.30. The molecule has 0 bridgehead atoms. The van der Waals surface area contributed by atoms with Crippen LogP contribution in [-0.4, -0.2) is 12.6 Å². The van der Waals surface area contributed by atoms with Crippen LogP contribution in [0.15, 0.2) is 24.3 Å². The molecule has 1 aromatic rings. The monoisotopic (exact) mass is 219 g/mol. The lowest BCUT2D eigenvalue weighted by atomic mass is 9.94. The summed E-state index contributed by atoms with van der Waals surface area (Å²) in [4.78, 5) is 0. The largest absolute Gasteiger partial charge is 0.493 e. The van der Waals surface area contributed by atoms with Crippen molar-refractivity contribution in [3.63, 3.8) is 0 Å². The van der Waals surface area contributed by atoms with Crippen LogP contribution in [0, 0.1) is 0 Å². The standard InChI is InChI=1S/C14H21NO/c1-2-12(15)7-5-6-11-10-16-14-9-4-3-8-13(11)14/h3-4,8-9,11-12H,2,5-7,10,15H2,1H3. The number of para-hydroxylation sites is 1. The number of ether oxygens (including phenoxy) is 1. The molecule has 2 N–H and O–H groups in total. The van der Waals surface area contributed by atoms with Crippen molar-refractivity contribution in [1.29, 1.82) is 0 Å². The Labute approximate surface area is 97.8 Å². The summed E-state index contributed by atoms with van der Waals surface area (Å²) in [5, 5.41) is 0. The summed E-state index contributed by atoms with van der Waals surface area (Å²) in [6.45, 7) is 3.00. The molecule has 2 atom stereocenters. The lowest BCUT2D eigenvalue weighted by molar-refractivity contribution is 0.321. The Hall–Kier alpha value is -1.02. The normalized spacial score (nSPS) is 20.2. The van der Waals surface area contributed by atoms with E-state index in [-0.39, 0.29) is 0 Å². The molecular formula is C14H21NO. The highest BCUT2D eigenvalue weighted by Crippen LogP contribution is 2.36. The number of rotatable bonds is 5. The van der Waals surface area contributed by atoms with Crippen LogP contribution in [0.3, 0.4) is 0 Å². The van der Waals surface area contributed by atoms with E-state index in [1.54, 1.807) is 0 Å². The maximum absolute atomic E-state index is 5.92. The molecule has 2 heteroatoms. The van der Waals surface area contributed by atoms with Gasteiger partial charge < -0.3 is 10.5 Å². The molecule has 1 aromatic carbocycles. The van der Waals surface area contributed by atoms with Gasteiger partial charge in [0.05, 0.1) is 6.61 Å². The topological polar surface area (TPSA) is 35.2 Å². The van der Waals surface area contributed by atoms with Crippen molar-refractivity contribution in [3.8, 4) is 5.75 Å². The van der Waals surface area contributed by atoms with Crippen LogP contribution in [-0.2, 0) is 0 Å². The zero-order valence-corrected chi connectivity index (χ0v) is 9.99. The van der Waals surface area contributed by atoms with Crippen molar-refractivity contribution in [1.82, 2.24) is 0 Å². The van der Waals surface area contributed by atoms with Gasteiger partial charge in [0.15, 0.2) is 0 Å². The highest BCUT2D eigenvalue weighted by atomic mass is 16.5. The summed E-state index contributed by atoms with van der Waals surface area (Å²) in [5.41, 5.74) is 7.30. The van der Waals surface area contributed by atoms with Crippen LogP contribution in [0.25, 0.3) is 0 Å². The van der Waals surface area contributed by atoms with E-state index in [0.717, 1.165) is 25.2 Å². The van der Waals surface area contributed by atoms with Gasteiger partial charge in [0.25, 0.3) is 0 Å². The quantitative estimate of drug-likeness (QED) is 0.826. The summed E-state index contributed by atoms with van der Waals surface area (Å²) >= 11 is 0. The Morgan fingerprint density at radius 3 is 3.06 bits per heavy atom. The fourth-order valence-electron chi connectivity index (χ4n) is 2.30. The third kappa shape index (κ3) is 2.56. The summed E-state index contributed by atoms with van der Waals surface area (Å²) in [7, 11) is 0. The highest BCUT2D eigenvalue weighted by molar-refractivity contribution is 5.39. The van der Waals surface area contributed by atoms with Crippen molar-refractivity contribution in [2.24, 2.45) is 5.73 Å². The molecule has 1 heterocycles. The van der Waals surface area contributed by atoms with Gasteiger partial charge in [-0.1, -0.05) is 31.5 Å². The molecule has 0 radical (unpaired) electrons. The predicted octanol–water partition coefficient (Wildman–Crippen LogP) is 3.07. The number of fused-ring (bicyclic) bond motifs is 1. The lowest BCUT2D eigenvalue weighted by Crippen LogP contribution is -2.18. The third-order valence-corrected chi connectivity index (χ3v) is 3.45. The first-order chi connectivity index (χ1) is 7.81. The molecule has 2 nitrogen and oxygen atoms in total. The zero-order valence-electron chi connectivity index (χ0n) is 9.99. The van der Waals surface area contributed by atoms with E-state index in [4.69, 9.17) is 10.5 Å². The Morgan fingerprint density at radius 2 is 2.25 bits per heavy atom. The molecule has 16 heavy (non-hydrogen) atoms. The average molecular weight is 219 g/mol. The first-order valence-corrected chi connectivity index (χ1v) is 6.28. The molecule has 2 rings (SSSR count). The van der Waals surface area contributed by atoms with Gasteiger partial charge in [-0.05, 0) is 25.3 Å². The first-order valence-electron chi connectivity index (χ1n) is 6.28.